The third-order valence-electron chi connectivity index (χ3n) is 11.2. The van der Waals surface area contributed by atoms with Crippen LogP contribution in [0.2, 0.25) is 0 Å². The summed E-state index contributed by atoms with van der Waals surface area (Å²) in [4.78, 5) is 11.7. The normalized spacial score (nSPS) is 42.6. The lowest BCUT2D eigenvalue weighted by Crippen LogP contribution is -2.58. The summed E-state index contributed by atoms with van der Waals surface area (Å²) < 4.78 is 0. The number of phenols is 2. The number of hydrogen-bond donors (Lipinski definition) is 3. The van der Waals surface area contributed by atoms with Gasteiger partial charge in [-0.25, -0.2) is 0 Å². The van der Waals surface area contributed by atoms with Gasteiger partial charge in [0.2, 0.25) is 0 Å². The molecule has 184 valence electrons. The van der Waals surface area contributed by atoms with Crippen LogP contribution in [0.1, 0.15) is 96.3 Å². The van der Waals surface area contributed by atoms with Crippen LogP contribution < -0.4 is 0 Å². The Kier molecular flexibility index (Phi) is 4.79. The molecule has 6 atom stereocenters. The Morgan fingerprint density at radius 1 is 1.06 bits per heavy atom. The van der Waals surface area contributed by atoms with E-state index in [1.807, 2.05) is 6.92 Å². The molecule has 0 aromatic heterocycles. The van der Waals surface area contributed by atoms with Crippen molar-refractivity contribution in [2.45, 2.75) is 91.9 Å². The number of rotatable bonds is 2. The second-order valence-electron chi connectivity index (χ2n) is 13.2. The third kappa shape index (κ3) is 2.86. The smallest absolute Gasteiger partial charge is 0.303 e. The van der Waals surface area contributed by atoms with Crippen LogP contribution in [0.15, 0.2) is 23.8 Å². The van der Waals surface area contributed by atoms with Crippen LogP contribution in [0.4, 0.5) is 0 Å². The number of aromatic hydroxyl groups is 2. The molecule has 5 rings (SSSR count). The standard InChI is InChI=1S/C30H40O4/c1-18-19-7-10-30(6)22-8-9-27(3)12-11-26(2,17-24(32)33)16-23(27)28(22,4)13-14-29(30,5)20(19)15-21(31)25(18)34/h7-8,10,15,23,31,34H,9,11-14,16-17H2,1-6H3,(H,32,33)/t23-,26-,27+,28-,29+,30+/m1/s1. The highest BCUT2D eigenvalue weighted by molar-refractivity contribution is 5.71. The Labute approximate surface area is 203 Å². The highest BCUT2D eigenvalue weighted by atomic mass is 16.4. The molecule has 0 heterocycles. The third-order valence-corrected chi connectivity index (χ3v) is 11.2. The maximum Gasteiger partial charge on any atom is 0.303 e. The highest BCUT2D eigenvalue weighted by Gasteiger charge is 2.63. The van der Waals surface area contributed by atoms with Gasteiger partial charge >= 0.3 is 5.97 Å². The Balaban J connectivity index is 1.63. The number of phenolic OH excluding ortho intramolecular Hbond substituents is 2. The lowest BCUT2D eigenvalue weighted by Gasteiger charge is -2.66. The molecule has 4 aliphatic carbocycles. The van der Waals surface area contributed by atoms with Crippen molar-refractivity contribution in [3.63, 3.8) is 0 Å². The second kappa shape index (κ2) is 6.92. The van der Waals surface area contributed by atoms with Gasteiger partial charge in [0.1, 0.15) is 0 Å². The van der Waals surface area contributed by atoms with Crippen molar-refractivity contribution < 1.29 is 20.1 Å². The van der Waals surface area contributed by atoms with Gasteiger partial charge in [-0.2, -0.15) is 0 Å². The predicted octanol–water partition coefficient (Wildman–Crippen LogP) is 7.11. The molecule has 0 aliphatic heterocycles. The number of benzene rings is 1. The molecule has 4 nitrogen and oxygen atoms in total. The molecule has 2 fully saturated rings. The van der Waals surface area contributed by atoms with Gasteiger partial charge in [-0.1, -0.05) is 58.4 Å². The van der Waals surface area contributed by atoms with E-state index in [1.54, 1.807) is 6.07 Å². The Hall–Kier alpha value is -2.23. The van der Waals surface area contributed by atoms with E-state index in [2.05, 4.69) is 52.8 Å². The summed E-state index contributed by atoms with van der Waals surface area (Å²) in [6.45, 7) is 13.6. The summed E-state index contributed by atoms with van der Waals surface area (Å²) >= 11 is 0. The van der Waals surface area contributed by atoms with Gasteiger partial charge in [0, 0.05) is 16.4 Å². The van der Waals surface area contributed by atoms with Crippen molar-refractivity contribution in [2.75, 3.05) is 0 Å². The maximum absolute atomic E-state index is 11.7. The zero-order chi connectivity index (χ0) is 24.9. The lowest BCUT2D eigenvalue weighted by molar-refractivity contribution is -0.143. The van der Waals surface area contributed by atoms with Crippen LogP contribution in [0, 0.1) is 34.5 Å². The summed E-state index contributed by atoms with van der Waals surface area (Å²) in [5, 5.41) is 30.5. The first-order chi connectivity index (χ1) is 15.7. The molecule has 0 radical (unpaired) electrons. The number of hydrogen-bond acceptors (Lipinski definition) is 3. The molecule has 4 heteroatoms. The first kappa shape index (κ1) is 23.5. The molecule has 4 aliphatic rings. The fraction of sp³-hybridized carbons (Fsp3) is 0.633. The van der Waals surface area contributed by atoms with E-state index >= 15 is 0 Å². The van der Waals surface area contributed by atoms with Crippen LogP contribution >= 0.6 is 0 Å². The van der Waals surface area contributed by atoms with Gasteiger partial charge in [-0.3, -0.25) is 4.79 Å². The van der Waals surface area contributed by atoms with Gasteiger partial charge in [-0.15, -0.1) is 0 Å². The van der Waals surface area contributed by atoms with E-state index in [0.29, 0.717) is 5.92 Å². The van der Waals surface area contributed by atoms with E-state index < -0.39 is 5.97 Å². The molecule has 1 aromatic rings. The van der Waals surface area contributed by atoms with E-state index in [4.69, 9.17) is 0 Å². The molecule has 0 unspecified atom stereocenters. The summed E-state index contributed by atoms with van der Waals surface area (Å²) in [5.41, 5.74) is 4.06. The number of aliphatic carboxylic acids is 1. The monoisotopic (exact) mass is 464 g/mol. The zero-order valence-electron chi connectivity index (χ0n) is 21.6. The van der Waals surface area contributed by atoms with Crippen LogP contribution in [-0.2, 0) is 10.2 Å². The first-order valence-corrected chi connectivity index (χ1v) is 12.9. The fourth-order valence-electron chi connectivity index (χ4n) is 8.72. The highest BCUT2D eigenvalue weighted by Crippen LogP contribution is 2.72. The topological polar surface area (TPSA) is 77.8 Å². The van der Waals surface area contributed by atoms with Crippen LogP contribution in [0.3, 0.4) is 0 Å². The Bertz CT molecular complexity index is 1150. The molecule has 0 bridgehead atoms. The average molecular weight is 465 g/mol. The van der Waals surface area contributed by atoms with E-state index in [9.17, 15) is 20.1 Å². The zero-order valence-corrected chi connectivity index (χ0v) is 21.6. The van der Waals surface area contributed by atoms with Gasteiger partial charge in [0.25, 0.3) is 0 Å². The minimum absolute atomic E-state index is 0.0112. The molecular weight excluding hydrogens is 424 g/mol. The summed E-state index contributed by atoms with van der Waals surface area (Å²) in [5.74, 6) is -0.297. The molecule has 34 heavy (non-hydrogen) atoms. The molecule has 3 N–H and O–H groups in total. The van der Waals surface area contributed by atoms with Crippen molar-refractivity contribution in [3.8, 4) is 11.5 Å². The van der Waals surface area contributed by atoms with Crippen molar-refractivity contribution >= 4 is 12.0 Å². The van der Waals surface area contributed by atoms with Gasteiger partial charge in [0.05, 0.1) is 6.42 Å². The number of fused-ring (bicyclic) bond motifs is 7. The first-order valence-electron chi connectivity index (χ1n) is 12.9. The lowest BCUT2D eigenvalue weighted by atomic mass is 9.37. The van der Waals surface area contributed by atoms with Crippen molar-refractivity contribution in [2.24, 2.45) is 27.6 Å². The molecule has 2 saturated carbocycles. The van der Waals surface area contributed by atoms with Crippen molar-refractivity contribution in [3.05, 3.63) is 40.5 Å². The fourth-order valence-corrected chi connectivity index (χ4v) is 8.72. The van der Waals surface area contributed by atoms with E-state index in [-0.39, 0.29) is 45.0 Å². The van der Waals surface area contributed by atoms with Crippen LogP contribution in [-0.4, -0.2) is 21.3 Å². The quantitative estimate of drug-likeness (QED) is 0.322. The number of allylic oxidation sites excluding steroid dienone is 3. The van der Waals surface area contributed by atoms with Gasteiger partial charge < -0.3 is 15.3 Å². The van der Waals surface area contributed by atoms with Crippen molar-refractivity contribution in [1.29, 1.82) is 0 Å². The average Bonchev–Trinajstić information content (AvgIpc) is 2.74. The minimum atomic E-state index is -0.684. The van der Waals surface area contributed by atoms with Crippen molar-refractivity contribution in [1.82, 2.24) is 0 Å². The maximum atomic E-state index is 11.7. The van der Waals surface area contributed by atoms with Gasteiger partial charge in [0.15, 0.2) is 11.5 Å². The molecule has 0 amide bonds. The molecular formula is C30H40O4. The SMILES string of the molecule is Cc1c(O)c(O)cc2c1C=C[C@@]1(C)C3=CC[C@@]4(C)CC[C@@](C)(CC(=O)O)C[C@H]4[C@]3(C)CC[C@@]21C. The van der Waals surface area contributed by atoms with E-state index in [1.165, 1.54) is 5.57 Å². The molecule has 0 saturated heterocycles. The summed E-state index contributed by atoms with van der Waals surface area (Å²) in [6, 6.07) is 1.79. The number of carboxylic acid groups (broad SMARTS) is 1. The van der Waals surface area contributed by atoms with Gasteiger partial charge in [-0.05, 0) is 84.8 Å². The summed E-state index contributed by atoms with van der Waals surface area (Å²) in [6.07, 6.45) is 13.4. The molecule has 0 spiro atoms. The van der Waals surface area contributed by atoms with Crippen LogP contribution in [0.25, 0.3) is 6.08 Å². The second-order valence-corrected chi connectivity index (χ2v) is 13.2. The van der Waals surface area contributed by atoms with E-state index in [0.717, 1.165) is 55.2 Å². The van der Waals surface area contributed by atoms with Crippen LogP contribution in [0.5, 0.6) is 11.5 Å². The molecule has 1 aromatic carbocycles. The Morgan fingerprint density at radius 2 is 1.76 bits per heavy atom. The Morgan fingerprint density at radius 3 is 2.44 bits per heavy atom. The number of carbonyl (C=O) groups is 1. The summed E-state index contributed by atoms with van der Waals surface area (Å²) in [7, 11) is 0. The number of carboxylic acids is 1. The predicted molar refractivity (Wildman–Crippen MR) is 135 cm³/mol. The largest absolute Gasteiger partial charge is 0.504 e. The minimum Gasteiger partial charge on any atom is -0.504 e.